The lowest BCUT2D eigenvalue weighted by atomic mass is 9.92. The van der Waals surface area contributed by atoms with Crippen LogP contribution >= 0.6 is 0 Å². The molecule has 374 valence electrons. The van der Waals surface area contributed by atoms with E-state index in [2.05, 4.69) is 178 Å². The predicted molar refractivity (Wildman–Crippen MR) is 283 cm³/mol. The van der Waals surface area contributed by atoms with E-state index in [9.17, 15) is 5.11 Å². The van der Waals surface area contributed by atoms with Gasteiger partial charge in [-0.2, -0.15) is 0 Å². The minimum atomic E-state index is -3.06. The highest BCUT2D eigenvalue weighted by Gasteiger charge is 2.52. The Labute approximate surface area is 409 Å². The smallest absolute Gasteiger partial charge is 0.261 e. The van der Waals surface area contributed by atoms with E-state index < -0.39 is 34.9 Å². The Hall–Kier alpha value is -2.75. The van der Waals surface area contributed by atoms with Crippen molar-refractivity contribution in [1.82, 2.24) is 0 Å². The van der Waals surface area contributed by atoms with Gasteiger partial charge in [0.1, 0.15) is 12.9 Å². The molecular weight excluding hydrogens is 869 g/mol. The summed E-state index contributed by atoms with van der Waals surface area (Å²) in [6.07, 6.45) is 19.8. The second-order valence-electron chi connectivity index (χ2n) is 22.0. The Kier molecular flexibility index (Phi) is 22.9. The van der Waals surface area contributed by atoms with Gasteiger partial charge in [-0.15, -0.1) is 0 Å². The number of methoxy groups -OCH3 is 1. The summed E-state index contributed by atoms with van der Waals surface area (Å²) in [5.74, 6) is 0.427. The monoisotopic (exact) mass is 959 g/mol. The molecule has 2 aromatic carbocycles. The fraction of sp³-hybridized carbons (Fsp3) is 0.614. The molecule has 0 radical (unpaired) electrons. The molecule has 2 heterocycles. The molecule has 0 bridgehead atoms. The highest BCUT2D eigenvalue weighted by Crippen LogP contribution is 2.39. The van der Waals surface area contributed by atoms with Gasteiger partial charge in [0.25, 0.3) is 8.32 Å². The molecular formula is C57H90O8Si2. The first-order valence-electron chi connectivity index (χ1n) is 25.1. The number of hydrogen-bond donors (Lipinski definition) is 1. The van der Waals surface area contributed by atoms with Crippen molar-refractivity contribution in [3.63, 3.8) is 0 Å². The molecule has 1 N–H and O–H groups in total. The molecule has 2 unspecified atom stereocenters. The quantitative estimate of drug-likeness (QED) is 0.0539. The lowest BCUT2D eigenvalue weighted by Crippen LogP contribution is -2.68. The topological polar surface area (TPSA) is 84.8 Å². The highest BCUT2D eigenvalue weighted by atomic mass is 28.4. The highest BCUT2D eigenvalue weighted by molar-refractivity contribution is 6.99. The maximum Gasteiger partial charge on any atom is 0.261 e. The zero-order chi connectivity index (χ0) is 49.3. The van der Waals surface area contributed by atoms with E-state index in [0.29, 0.717) is 38.4 Å². The fourth-order valence-electron chi connectivity index (χ4n) is 9.25. The van der Waals surface area contributed by atoms with Crippen LogP contribution in [0.4, 0.5) is 0 Å². The van der Waals surface area contributed by atoms with Crippen LogP contribution in [0.1, 0.15) is 121 Å². The van der Waals surface area contributed by atoms with Gasteiger partial charge < -0.3 is 37.6 Å². The first kappa shape index (κ1) is 56.8. The maximum absolute atomic E-state index is 10.3. The third-order valence-electron chi connectivity index (χ3n) is 13.6. The van der Waals surface area contributed by atoms with Crippen LogP contribution in [-0.2, 0) is 32.5 Å². The number of hydrogen-bond acceptors (Lipinski definition) is 8. The van der Waals surface area contributed by atoms with Crippen molar-refractivity contribution in [3.8, 4) is 0 Å². The first-order chi connectivity index (χ1) is 31.6. The average molecular weight is 960 g/mol. The van der Waals surface area contributed by atoms with Gasteiger partial charge in [0.2, 0.25) is 0 Å². The van der Waals surface area contributed by atoms with Crippen LogP contribution < -0.4 is 10.4 Å². The van der Waals surface area contributed by atoms with Gasteiger partial charge in [-0.05, 0) is 112 Å². The molecule has 67 heavy (non-hydrogen) atoms. The molecule has 2 aliphatic rings. The van der Waals surface area contributed by atoms with Crippen LogP contribution in [0.3, 0.4) is 0 Å². The summed E-state index contributed by atoms with van der Waals surface area (Å²) >= 11 is 0. The van der Waals surface area contributed by atoms with E-state index in [4.69, 9.17) is 32.5 Å². The minimum absolute atomic E-state index is 0.0396. The molecule has 0 fully saturated rings. The number of aliphatic hydroxyl groups is 1. The van der Waals surface area contributed by atoms with Gasteiger partial charge in [-0.25, -0.2) is 0 Å². The molecule has 0 saturated carbocycles. The van der Waals surface area contributed by atoms with E-state index in [0.717, 1.165) is 37.7 Å². The third kappa shape index (κ3) is 18.2. The van der Waals surface area contributed by atoms with Gasteiger partial charge in [0.05, 0.1) is 49.3 Å². The largest absolute Gasteiger partial charge is 0.417 e. The molecule has 4 rings (SSSR count). The molecule has 10 heteroatoms. The van der Waals surface area contributed by atoms with E-state index in [1.807, 2.05) is 13.8 Å². The summed E-state index contributed by atoms with van der Waals surface area (Å²) in [6, 6.07) is 21.6. The number of rotatable bonds is 27. The number of ether oxygens (including phenoxy) is 5. The lowest BCUT2D eigenvalue weighted by molar-refractivity contribution is -0.0890. The van der Waals surface area contributed by atoms with Crippen molar-refractivity contribution in [2.75, 3.05) is 27.1 Å². The second kappa shape index (κ2) is 27.0. The predicted octanol–water partition coefficient (Wildman–Crippen LogP) is 12.2. The Morgan fingerprint density at radius 2 is 1.57 bits per heavy atom. The standard InChI is InChI=1S/C57H90O8Si2/c1-43(37-48-24-21-22-34-60-48)36-44(2)38-49(63-47(5)41-46(4)58)25-23-30-55(65-67(57(9,10)11,52-26-17-15-18-27-52)53-28-19-16-20-29-53)54(61-42-59-12)32-31-50-39-45(3)40-51(64-50)33-35-62-66(13,14)56(6,7)8/h15-23,25-29,31-32,40,43,46-51,54-55,58H,2,24,30,33-39,41-42H2,1,3-14H3/b25-23+,32-31+/t43-,46?,47?,48-,49+,50+,51+,54-,55-/m0/s1. The molecule has 9 atom stereocenters. The number of aliphatic hydroxyl groups excluding tert-OH is 1. The van der Waals surface area contributed by atoms with Crippen LogP contribution in [0.5, 0.6) is 0 Å². The zero-order valence-electron chi connectivity index (χ0n) is 43.8. The van der Waals surface area contributed by atoms with Crippen LogP contribution in [0.15, 0.2) is 121 Å². The summed E-state index contributed by atoms with van der Waals surface area (Å²) in [4.78, 5) is 0. The van der Waals surface area contributed by atoms with E-state index >= 15 is 0 Å². The first-order valence-corrected chi connectivity index (χ1v) is 29.9. The summed E-state index contributed by atoms with van der Waals surface area (Å²) in [5, 5.41) is 12.6. The van der Waals surface area contributed by atoms with E-state index in [-0.39, 0.29) is 47.4 Å². The van der Waals surface area contributed by atoms with Gasteiger partial charge in [0.15, 0.2) is 8.32 Å². The van der Waals surface area contributed by atoms with E-state index in [1.165, 1.54) is 15.9 Å². The van der Waals surface area contributed by atoms with Gasteiger partial charge in [-0.1, -0.05) is 169 Å². The Morgan fingerprint density at radius 1 is 0.910 bits per heavy atom. The summed E-state index contributed by atoms with van der Waals surface area (Å²) in [6.45, 7) is 32.7. The van der Waals surface area contributed by atoms with E-state index in [1.54, 1.807) is 7.11 Å². The summed E-state index contributed by atoms with van der Waals surface area (Å²) < 4.78 is 46.3. The third-order valence-corrected chi connectivity index (χ3v) is 23.2. The lowest BCUT2D eigenvalue weighted by Gasteiger charge is -2.46. The van der Waals surface area contributed by atoms with Crippen LogP contribution in [0.25, 0.3) is 0 Å². The second-order valence-corrected chi connectivity index (χ2v) is 31.0. The van der Waals surface area contributed by atoms with Gasteiger partial charge >= 0.3 is 0 Å². The van der Waals surface area contributed by atoms with Crippen molar-refractivity contribution >= 4 is 27.0 Å². The fourth-order valence-corrected chi connectivity index (χ4v) is 15.0. The van der Waals surface area contributed by atoms with Crippen molar-refractivity contribution < 1.29 is 37.6 Å². The van der Waals surface area contributed by atoms with Crippen LogP contribution in [0.2, 0.25) is 23.2 Å². The number of benzene rings is 2. The van der Waals surface area contributed by atoms with Crippen LogP contribution in [-0.4, -0.2) is 97.7 Å². The van der Waals surface area contributed by atoms with Crippen molar-refractivity contribution in [3.05, 3.63) is 121 Å². The Balaban J connectivity index is 1.71. The van der Waals surface area contributed by atoms with Crippen molar-refractivity contribution in [2.24, 2.45) is 5.92 Å². The van der Waals surface area contributed by atoms with Crippen molar-refractivity contribution in [1.29, 1.82) is 0 Å². The molecule has 0 amide bonds. The maximum atomic E-state index is 10.3. The summed E-state index contributed by atoms with van der Waals surface area (Å²) in [5.41, 5.74) is 2.45. The SMILES string of the molecule is C=C(C[C@H](C)C[C@@H]1CC=CCO1)C[C@@H](/C=C/C[C@H](O[Si](c1ccccc1)(c1ccccc1)C(C)(C)C)[C@H](/C=C/[C@@H]1CC(C)=C[C@@H](CCO[Si](C)(C)C(C)(C)C)O1)OCOC)OC(C)CC(C)O. The zero-order valence-corrected chi connectivity index (χ0v) is 45.8. The van der Waals surface area contributed by atoms with Gasteiger partial charge in [0, 0.05) is 13.7 Å². The molecule has 0 aromatic heterocycles. The molecule has 2 aliphatic heterocycles. The Morgan fingerprint density at radius 3 is 2.13 bits per heavy atom. The van der Waals surface area contributed by atoms with Gasteiger partial charge in [-0.3, -0.25) is 0 Å². The minimum Gasteiger partial charge on any atom is -0.417 e. The molecule has 0 saturated heterocycles. The molecule has 2 aromatic rings. The molecule has 8 nitrogen and oxygen atoms in total. The molecule has 0 aliphatic carbocycles. The summed E-state index contributed by atoms with van der Waals surface area (Å²) in [7, 11) is -3.28. The van der Waals surface area contributed by atoms with Crippen molar-refractivity contribution in [2.45, 2.75) is 193 Å². The average Bonchev–Trinajstić information content (AvgIpc) is 3.24. The normalized spacial score (nSPS) is 21.5. The Bertz CT molecular complexity index is 1820. The molecule has 0 spiro atoms. The van der Waals surface area contributed by atoms with Crippen LogP contribution in [0, 0.1) is 5.92 Å².